The molecule has 0 N–H and O–H groups in total. The molecule has 1 amide bonds. The molecule has 1 aliphatic rings. The SMILES string of the molecule is COc1cc(Cl)ccc1N1CCc2c(oc3c(Cl)cccc3c2=O)C1=O. The van der Waals surface area contributed by atoms with Crippen molar-refractivity contribution >= 4 is 45.8 Å². The molecule has 26 heavy (non-hydrogen) atoms. The molecule has 0 saturated heterocycles. The number of carbonyl (C=O) groups is 1. The van der Waals surface area contributed by atoms with Crippen LogP contribution in [0.3, 0.4) is 0 Å². The molecule has 0 spiro atoms. The molecule has 3 aromatic rings. The van der Waals surface area contributed by atoms with E-state index < -0.39 is 5.91 Å². The normalized spacial score (nSPS) is 13.8. The van der Waals surface area contributed by atoms with Gasteiger partial charge in [-0.25, -0.2) is 0 Å². The number of hydrogen-bond acceptors (Lipinski definition) is 4. The highest BCUT2D eigenvalue weighted by Gasteiger charge is 2.32. The summed E-state index contributed by atoms with van der Waals surface area (Å²) in [4.78, 5) is 27.3. The Morgan fingerprint density at radius 3 is 2.73 bits per heavy atom. The fourth-order valence-electron chi connectivity index (χ4n) is 3.17. The largest absolute Gasteiger partial charge is 0.495 e. The van der Waals surface area contributed by atoms with Crippen LogP contribution in [-0.2, 0) is 6.42 Å². The van der Waals surface area contributed by atoms with Gasteiger partial charge in [0.05, 0.1) is 28.8 Å². The topological polar surface area (TPSA) is 59.8 Å². The van der Waals surface area contributed by atoms with E-state index in [4.69, 9.17) is 32.4 Å². The minimum absolute atomic E-state index is 0.0128. The van der Waals surface area contributed by atoms with E-state index in [-0.39, 0.29) is 21.8 Å². The molecule has 2 aromatic carbocycles. The van der Waals surface area contributed by atoms with Crippen LogP contribution in [-0.4, -0.2) is 19.6 Å². The average Bonchev–Trinajstić information content (AvgIpc) is 2.64. The van der Waals surface area contributed by atoms with Crippen LogP contribution in [0.2, 0.25) is 10.0 Å². The standard InChI is InChI=1S/C19H13Cl2NO4/c1-25-15-9-10(20)5-6-14(15)22-8-7-12-16(23)11-3-2-4-13(21)17(11)26-18(12)19(22)24/h2-6,9H,7-8H2,1H3. The molecule has 132 valence electrons. The number of anilines is 1. The van der Waals surface area contributed by atoms with Crippen molar-refractivity contribution in [3.63, 3.8) is 0 Å². The van der Waals surface area contributed by atoms with Gasteiger partial charge in [0.15, 0.2) is 16.8 Å². The summed E-state index contributed by atoms with van der Waals surface area (Å²) >= 11 is 12.1. The highest BCUT2D eigenvalue weighted by atomic mass is 35.5. The first-order chi connectivity index (χ1) is 12.5. The van der Waals surface area contributed by atoms with E-state index in [0.29, 0.717) is 40.4 Å². The maximum absolute atomic E-state index is 13.0. The van der Waals surface area contributed by atoms with E-state index in [2.05, 4.69) is 0 Å². The molecule has 1 aromatic heterocycles. The fourth-order valence-corrected chi connectivity index (χ4v) is 3.55. The number of fused-ring (bicyclic) bond motifs is 2. The lowest BCUT2D eigenvalue weighted by molar-refractivity contribution is 0.0951. The summed E-state index contributed by atoms with van der Waals surface area (Å²) in [7, 11) is 1.50. The molecule has 0 aliphatic carbocycles. The van der Waals surface area contributed by atoms with Gasteiger partial charge in [-0.15, -0.1) is 0 Å². The lowest BCUT2D eigenvalue weighted by Crippen LogP contribution is -2.40. The third-order valence-corrected chi connectivity index (χ3v) is 4.95. The second-order valence-electron chi connectivity index (χ2n) is 5.88. The van der Waals surface area contributed by atoms with Crippen LogP contribution in [0, 0.1) is 0 Å². The monoisotopic (exact) mass is 389 g/mol. The Kier molecular flexibility index (Phi) is 4.13. The first-order valence-corrected chi connectivity index (χ1v) is 8.66. The highest BCUT2D eigenvalue weighted by molar-refractivity contribution is 6.34. The van der Waals surface area contributed by atoms with Crippen molar-refractivity contribution in [3.8, 4) is 5.75 Å². The van der Waals surface area contributed by atoms with Crippen molar-refractivity contribution in [2.24, 2.45) is 0 Å². The van der Waals surface area contributed by atoms with Crippen molar-refractivity contribution in [2.45, 2.75) is 6.42 Å². The summed E-state index contributed by atoms with van der Waals surface area (Å²) in [5, 5.41) is 1.16. The van der Waals surface area contributed by atoms with E-state index in [1.807, 2.05) is 0 Å². The molecule has 0 unspecified atom stereocenters. The van der Waals surface area contributed by atoms with Gasteiger partial charge in [-0.2, -0.15) is 0 Å². The van der Waals surface area contributed by atoms with Crippen LogP contribution in [0.15, 0.2) is 45.6 Å². The molecule has 0 fully saturated rings. The third kappa shape index (κ3) is 2.55. The molecular weight excluding hydrogens is 377 g/mol. The van der Waals surface area contributed by atoms with Gasteiger partial charge in [-0.3, -0.25) is 9.59 Å². The number of carbonyl (C=O) groups excluding carboxylic acids is 1. The fraction of sp³-hybridized carbons (Fsp3) is 0.158. The average molecular weight is 390 g/mol. The van der Waals surface area contributed by atoms with Crippen molar-refractivity contribution in [3.05, 3.63) is 68.0 Å². The number of hydrogen-bond donors (Lipinski definition) is 0. The van der Waals surface area contributed by atoms with Crippen molar-refractivity contribution in [2.75, 3.05) is 18.6 Å². The molecule has 7 heteroatoms. The number of amides is 1. The molecule has 0 atom stereocenters. The molecule has 1 aliphatic heterocycles. The zero-order valence-electron chi connectivity index (χ0n) is 13.7. The maximum Gasteiger partial charge on any atom is 0.294 e. The van der Waals surface area contributed by atoms with E-state index in [9.17, 15) is 9.59 Å². The summed E-state index contributed by atoms with van der Waals surface area (Å²) in [5.41, 5.74) is 0.930. The highest BCUT2D eigenvalue weighted by Crippen LogP contribution is 2.35. The molecule has 0 bridgehead atoms. The summed E-state index contributed by atoms with van der Waals surface area (Å²) < 4.78 is 11.1. The third-order valence-electron chi connectivity index (χ3n) is 4.42. The van der Waals surface area contributed by atoms with Gasteiger partial charge in [0, 0.05) is 17.6 Å². The van der Waals surface area contributed by atoms with Crippen molar-refractivity contribution in [1.29, 1.82) is 0 Å². The van der Waals surface area contributed by atoms with Gasteiger partial charge in [0.1, 0.15) is 5.75 Å². The zero-order chi connectivity index (χ0) is 18.4. The predicted octanol–water partition coefficient (Wildman–Crippen LogP) is 4.31. The summed E-state index contributed by atoms with van der Waals surface area (Å²) in [5.74, 6) is 0.0695. The quantitative estimate of drug-likeness (QED) is 0.654. The number of halogens is 2. The second kappa shape index (κ2) is 6.34. The van der Waals surface area contributed by atoms with E-state index in [0.717, 1.165) is 0 Å². The summed E-state index contributed by atoms with van der Waals surface area (Å²) in [6.45, 7) is 0.334. The molecule has 4 rings (SSSR count). The van der Waals surface area contributed by atoms with Gasteiger partial charge in [-0.05, 0) is 30.7 Å². The number of rotatable bonds is 2. The maximum atomic E-state index is 13.0. The van der Waals surface area contributed by atoms with Crippen molar-refractivity contribution in [1.82, 2.24) is 0 Å². The molecular formula is C19H13Cl2NO4. The lowest BCUT2D eigenvalue weighted by Gasteiger charge is -2.28. The summed E-state index contributed by atoms with van der Waals surface area (Å²) in [6, 6.07) is 9.96. The molecule has 0 saturated carbocycles. The Bertz CT molecular complexity index is 1110. The Morgan fingerprint density at radius 1 is 1.15 bits per heavy atom. The van der Waals surface area contributed by atoms with Gasteiger partial charge >= 0.3 is 0 Å². The lowest BCUT2D eigenvalue weighted by atomic mass is 10.0. The number of methoxy groups -OCH3 is 1. The Morgan fingerprint density at radius 2 is 1.96 bits per heavy atom. The molecule has 5 nitrogen and oxygen atoms in total. The van der Waals surface area contributed by atoms with Crippen LogP contribution in [0.4, 0.5) is 5.69 Å². The number of para-hydroxylation sites is 1. The van der Waals surface area contributed by atoms with E-state index in [1.165, 1.54) is 12.0 Å². The minimum Gasteiger partial charge on any atom is -0.495 e. The Hall–Kier alpha value is -2.50. The summed E-state index contributed by atoms with van der Waals surface area (Å²) in [6.07, 6.45) is 0.373. The van der Waals surface area contributed by atoms with Crippen molar-refractivity contribution < 1.29 is 13.9 Å². The van der Waals surface area contributed by atoms with Crippen LogP contribution in [0.25, 0.3) is 11.0 Å². The van der Waals surface area contributed by atoms with Crippen LogP contribution < -0.4 is 15.1 Å². The van der Waals surface area contributed by atoms with E-state index >= 15 is 0 Å². The van der Waals surface area contributed by atoms with Gasteiger partial charge < -0.3 is 14.1 Å². The minimum atomic E-state index is -0.411. The number of nitrogens with zero attached hydrogens (tertiary/aromatic N) is 1. The van der Waals surface area contributed by atoms with Crippen LogP contribution in [0.5, 0.6) is 5.75 Å². The van der Waals surface area contributed by atoms with Crippen LogP contribution >= 0.6 is 23.2 Å². The Balaban J connectivity index is 1.88. The number of benzene rings is 2. The van der Waals surface area contributed by atoms with Gasteiger partial charge in [0.25, 0.3) is 5.91 Å². The Labute approximate surface area is 158 Å². The number of ether oxygens (including phenoxy) is 1. The first kappa shape index (κ1) is 16.9. The zero-order valence-corrected chi connectivity index (χ0v) is 15.2. The van der Waals surface area contributed by atoms with Crippen LogP contribution in [0.1, 0.15) is 16.1 Å². The second-order valence-corrected chi connectivity index (χ2v) is 6.72. The molecule has 0 radical (unpaired) electrons. The van der Waals surface area contributed by atoms with E-state index in [1.54, 1.807) is 36.4 Å². The van der Waals surface area contributed by atoms with Gasteiger partial charge in [0.2, 0.25) is 0 Å². The first-order valence-electron chi connectivity index (χ1n) is 7.91. The predicted molar refractivity (Wildman–Crippen MR) is 101 cm³/mol. The van der Waals surface area contributed by atoms with Gasteiger partial charge in [-0.1, -0.05) is 29.3 Å². The molecule has 2 heterocycles. The smallest absolute Gasteiger partial charge is 0.294 e.